The van der Waals surface area contributed by atoms with Crippen molar-refractivity contribution in [3.63, 3.8) is 0 Å². The Morgan fingerprint density at radius 1 is 0.727 bits per heavy atom. The summed E-state index contributed by atoms with van der Waals surface area (Å²) in [4.78, 5) is 0. The number of ether oxygens (including phenoxy) is 2. The first-order chi connectivity index (χ1) is 10.6. The summed E-state index contributed by atoms with van der Waals surface area (Å²) in [5.74, 6) is 1.30. The molecule has 0 aliphatic rings. The number of benzene rings is 2. The van der Waals surface area contributed by atoms with Crippen LogP contribution in [-0.4, -0.2) is 14.2 Å². The molecule has 22 heavy (non-hydrogen) atoms. The number of rotatable bonds is 5. The van der Waals surface area contributed by atoms with Crippen LogP contribution in [0.4, 0.5) is 0 Å². The van der Waals surface area contributed by atoms with E-state index in [0.29, 0.717) is 5.03 Å². The van der Waals surface area contributed by atoms with Crippen molar-refractivity contribution >= 4 is 34.8 Å². The molecule has 0 amide bonds. The lowest BCUT2D eigenvalue weighted by Crippen LogP contribution is -2.02. The third-order valence-electron chi connectivity index (χ3n) is 3.33. The third-order valence-corrected chi connectivity index (χ3v) is 4.34. The summed E-state index contributed by atoms with van der Waals surface area (Å²) in [5.41, 5.74) is 1.93. The van der Waals surface area contributed by atoms with Gasteiger partial charge in [-0.15, -0.1) is 0 Å². The highest BCUT2D eigenvalue weighted by Crippen LogP contribution is 2.39. The number of hydrogen-bond acceptors (Lipinski definition) is 2. The minimum Gasteiger partial charge on any atom is -0.497 e. The predicted molar refractivity (Wildman–Crippen MR) is 92.4 cm³/mol. The van der Waals surface area contributed by atoms with Gasteiger partial charge in [0, 0.05) is 5.92 Å². The van der Waals surface area contributed by atoms with Crippen LogP contribution >= 0.6 is 34.8 Å². The summed E-state index contributed by atoms with van der Waals surface area (Å²) in [6, 6.07) is 15.2. The van der Waals surface area contributed by atoms with Crippen molar-refractivity contribution in [2.24, 2.45) is 0 Å². The Bertz CT molecular complexity index is 597. The second-order valence-electron chi connectivity index (χ2n) is 4.59. The quantitative estimate of drug-likeness (QED) is 0.681. The minimum atomic E-state index is -0.247. The summed E-state index contributed by atoms with van der Waals surface area (Å²) in [6.45, 7) is 0. The van der Waals surface area contributed by atoms with E-state index in [-0.39, 0.29) is 10.4 Å². The van der Waals surface area contributed by atoms with E-state index in [1.54, 1.807) is 14.2 Å². The molecule has 0 bridgehead atoms. The van der Waals surface area contributed by atoms with Gasteiger partial charge in [-0.1, -0.05) is 59.1 Å². The summed E-state index contributed by atoms with van der Waals surface area (Å²) in [6.07, 6.45) is 0. The fraction of sp³-hybridized carbons (Fsp3) is 0.176. The van der Waals surface area contributed by atoms with E-state index in [2.05, 4.69) is 0 Å². The van der Waals surface area contributed by atoms with E-state index in [4.69, 9.17) is 44.3 Å². The molecule has 0 fully saturated rings. The van der Waals surface area contributed by atoms with E-state index in [1.165, 1.54) is 0 Å². The molecule has 0 spiro atoms. The topological polar surface area (TPSA) is 18.5 Å². The highest BCUT2D eigenvalue weighted by atomic mass is 35.5. The second kappa shape index (κ2) is 7.77. The third kappa shape index (κ3) is 3.89. The van der Waals surface area contributed by atoms with Gasteiger partial charge >= 0.3 is 0 Å². The minimum absolute atomic E-state index is 0.0540. The monoisotopic (exact) mass is 356 g/mol. The Kier molecular flexibility index (Phi) is 6.01. The molecule has 0 atom stereocenters. The number of methoxy groups -OCH3 is 2. The molecule has 0 aliphatic carbocycles. The van der Waals surface area contributed by atoms with Crippen LogP contribution in [0.2, 0.25) is 0 Å². The maximum atomic E-state index is 6.35. The van der Waals surface area contributed by atoms with Crippen molar-refractivity contribution in [2.45, 2.75) is 5.92 Å². The molecule has 0 saturated carbocycles. The van der Waals surface area contributed by atoms with E-state index >= 15 is 0 Å². The van der Waals surface area contributed by atoms with Gasteiger partial charge in [0.1, 0.15) is 16.0 Å². The molecule has 0 heterocycles. The number of allylic oxidation sites excluding steroid dienone is 1. The Hall–Kier alpha value is -1.35. The van der Waals surface area contributed by atoms with Gasteiger partial charge in [-0.2, -0.15) is 0 Å². The summed E-state index contributed by atoms with van der Waals surface area (Å²) in [7, 11) is 3.25. The Labute approximate surface area is 145 Å². The lowest BCUT2D eigenvalue weighted by molar-refractivity contribution is 0.414. The van der Waals surface area contributed by atoms with Crippen LogP contribution < -0.4 is 9.47 Å². The smallest absolute Gasteiger partial charge is 0.122 e. The lowest BCUT2D eigenvalue weighted by Gasteiger charge is -2.18. The van der Waals surface area contributed by atoms with Crippen molar-refractivity contribution in [3.8, 4) is 11.5 Å². The zero-order valence-electron chi connectivity index (χ0n) is 12.1. The molecule has 2 rings (SSSR count). The van der Waals surface area contributed by atoms with Crippen molar-refractivity contribution < 1.29 is 9.47 Å². The van der Waals surface area contributed by atoms with Crippen molar-refractivity contribution in [1.29, 1.82) is 0 Å². The number of halogens is 3. The second-order valence-corrected chi connectivity index (χ2v) is 5.94. The molecule has 0 N–H and O–H groups in total. The molecule has 0 saturated heterocycles. The molecular formula is C17H15Cl3O2. The van der Waals surface area contributed by atoms with Crippen molar-refractivity contribution in [1.82, 2.24) is 0 Å². The van der Waals surface area contributed by atoms with Gasteiger partial charge in [0.15, 0.2) is 0 Å². The van der Waals surface area contributed by atoms with E-state index in [0.717, 1.165) is 22.6 Å². The fourth-order valence-corrected chi connectivity index (χ4v) is 2.66. The van der Waals surface area contributed by atoms with Crippen LogP contribution in [0.15, 0.2) is 58.1 Å². The van der Waals surface area contributed by atoms with Gasteiger partial charge in [-0.05, 0) is 35.4 Å². The Balaban J connectivity index is 2.47. The summed E-state index contributed by atoms with van der Waals surface area (Å²) < 4.78 is 10.4. The van der Waals surface area contributed by atoms with Gasteiger partial charge in [0.25, 0.3) is 0 Å². The van der Waals surface area contributed by atoms with E-state index in [9.17, 15) is 0 Å². The molecule has 0 aromatic heterocycles. The fourth-order valence-electron chi connectivity index (χ4n) is 2.19. The average Bonchev–Trinajstić information content (AvgIpc) is 2.56. The van der Waals surface area contributed by atoms with Gasteiger partial charge in [0.05, 0.1) is 19.3 Å². The van der Waals surface area contributed by atoms with Crippen LogP contribution in [0.5, 0.6) is 11.5 Å². The van der Waals surface area contributed by atoms with Crippen LogP contribution in [-0.2, 0) is 0 Å². The molecule has 0 unspecified atom stereocenters. The van der Waals surface area contributed by atoms with E-state index < -0.39 is 0 Å². The van der Waals surface area contributed by atoms with Crippen molar-refractivity contribution in [2.75, 3.05) is 14.2 Å². The van der Waals surface area contributed by atoms with Crippen LogP contribution in [0.25, 0.3) is 0 Å². The van der Waals surface area contributed by atoms with Crippen LogP contribution in [0.1, 0.15) is 17.0 Å². The van der Waals surface area contributed by atoms with Gasteiger partial charge in [-0.25, -0.2) is 0 Å². The molecule has 2 aromatic rings. The zero-order valence-corrected chi connectivity index (χ0v) is 14.4. The normalized spacial score (nSPS) is 10.5. The lowest BCUT2D eigenvalue weighted by atomic mass is 9.91. The molecule has 2 aromatic carbocycles. The number of hydrogen-bond donors (Lipinski definition) is 0. The predicted octanol–water partition coefficient (Wildman–Crippen LogP) is 5.72. The van der Waals surface area contributed by atoms with Gasteiger partial charge < -0.3 is 9.47 Å². The Morgan fingerprint density at radius 2 is 1.09 bits per heavy atom. The maximum Gasteiger partial charge on any atom is 0.122 e. The zero-order chi connectivity index (χ0) is 16.1. The molecule has 0 radical (unpaired) electrons. The molecule has 0 aliphatic heterocycles. The Morgan fingerprint density at radius 3 is 1.36 bits per heavy atom. The largest absolute Gasteiger partial charge is 0.497 e. The molecular weight excluding hydrogens is 343 g/mol. The first-order valence-corrected chi connectivity index (χ1v) is 7.68. The maximum absolute atomic E-state index is 6.35. The van der Waals surface area contributed by atoms with E-state index in [1.807, 2.05) is 48.5 Å². The molecule has 2 nitrogen and oxygen atoms in total. The van der Waals surface area contributed by atoms with Crippen molar-refractivity contribution in [3.05, 3.63) is 69.2 Å². The van der Waals surface area contributed by atoms with Gasteiger partial charge in [-0.3, -0.25) is 0 Å². The van der Waals surface area contributed by atoms with Gasteiger partial charge in [0.2, 0.25) is 0 Å². The average molecular weight is 358 g/mol. The SMILES string of the molecule is COc1ccc(C(C(Cl)=C(Cl)Cl)c2ccc(OC)cc2)cc1. The standard InChI is InChI=1S/C17H15Cl3O2/c1-21-13-7-3-11(4-8-13)15(16(18)17(19)20)12-5-9-14(22-2)10-6-12/h3-10,15H,1-2H3. The van der Waals surface area contributed by atoms with Crippen LogP contribution in [0, 0.1) is 0 Å². The highest BCUT2D eigenvalue weighted by molar-refractivity contribution is 6.59. The van der Waals surface area contributed by atoms with Crippen LogP contribution in [0.3, 0.4) is 0 Å². The first kappa shape index (κ1) is 17.0. The molecule has 5 heteroatoms. The summed E-state index contributed by atoms with van der Waals surface area (Å²) >= 11 is 18.2. The first-order valence-electron chi connectivity index (χ1n) is 6.55. The summed E-state index contributed by atoms with van der Waals surface area (Å²) in [5, 5.41) is 0.374. The molecule has 116 valence electrons. The highest BCUT2D eigenvalue weighted by Gasteiger charge is 2.20.